The molecule has 2 aliphatic carbocycles. The van der Waals surface area contributed by atoms with Gasteiger partial charge in [-0.3, -0.25) is 9.59 Å². The van der Waals surface area contributed by atoms with E-state index in [0.717, 1.165) is 37.7 Å². The van der Waals surface area contributed by atoms with Crippen LogP contribution in [0.15, 0.2) is 11.1 Å². The van der Waals surface area contributed by atoms with Crippen LogP contribution in [-0.4, -0.2) is 34.4 Å². The predicted octanol–water partition coefficient (Wildman–Crippen LogP) is 4.33. The second-order valence-electron chi connectivity index (χ2n) is 9.66. The number of aliphatic hydroxyl groups is 1. The minimum absolute atomic E-state index is 0.0473. The molecule has 2 N–H and O–H groups in total. The fraction of sp³-hybridized carbons (Fsp3) is 0.818. The van der Waals surface area contributed by atoms with Gasteiger partial charge in [0.1, 0.15) is 12.2 Å². The molecule has 5 nitrogen and oxygen atoms in total. The number of aliphatic carboxylic acids is 1. The first kappa shape index (κ1) is 21.9. The normalized spacial score (nSPS) is 34.0. The molecular weight excluding hydrogens is 344 g/mol. The molecule has 0 bridgehead atoms. The van der Waals surface area contributed by atoms with E-state index in [-0.39, 0.29) is 35.1 Å². The van der Waals surface area contributed by atoms with Crippen LogP contribution in [0.3, 0.4) is 0 Å². The molecule has 5 atom stereocenters. The average molecular weight is 381 g/mol. The van der Waals surface area contributed by atoms with Crippen molar-refractivity contribution < 1.29 is 24.5 Å². The van der Waals surface area contributed by atoms with Crippen molar-refractivity contribution in [2.45, 2.75) is 92.3 Å². The number of ether oxygens (including phenoxy) is 1. The van der Waals surface area contributed by atoms with Crippen LogP contribution < -0.4 is 0 Å². The Morgan fingerprint density at radius 2 is 1.89 bits per heavy atom. The summed E-state index contributed by atoms with van der Waals surface area (Å²) in [5.41, 5.74) is 1.95. The molecule has 0 unspecified atom stereocenters. The van der Waals surface area contributed by atoms with E-state index in [4.69, 9.17) is 9.84 Å². The molecule has 0 aliphatic heterocycles. The van der Waals surface area contributed by atoms with Crippen molar-refractivity contribution in [1.29, 1.82) is 0 Å². The van der Waals surface area contributed by atoms with E-state index in [2.05, 4.69) is 20.8 Å². The first-order chi connectivity index (χ1) is 12.4. The lowest BCUT2D eigenvalue weighted by Crippen LogP contribution is -2.57. The standard InChI is InChI=1S/C22H36O5/c1-13(12-17(24)25)8-9-16-14(2)18(26)19(27-15(3)23)20-21(4,5)10-7-11-22(16,20)6/h13,18-20,26H,7-12H2,1-6H3,(H,24,25)/t13-,18+,19+,20-,22+/m0/s1. The number of rotatable bonds is 6. The van der Waals surface area contributed by atoms with Gasteiger partial charge in [0.2, 0.25) is 0 Å². The zero-order chi connectivity index (χ0) is 20.6. The molecule has 0 aromatic heterocycles. The number of aliphatic hydroxyl groups excluding tert-OH is 1. The van der Waals surface area contributed by atoms with Gasteiger partial charge in [-0.15, -0.1) is 0 Å². The van der Waals surface area contributed by atoms with Crippen molar-refractivity contribution in [3.8, 4) is 0 Å². The van der Waals surface area contributed by atoms with Gasteiger partial charge in [-0.2, -0.15) is 0 Å². The summed E-state index contributed by atoms with van der Waals surface area (Å²) in [5.74, 6) is -0.986. The van der Waals surface area contributed by atoms with Crippen LogP contribution in [-0.2, 0) is 14.3 Å². The highest BCUT2D eigenvalue weighted by Gasteiger charge is 2.57. The number of carbonyl (C=O) groups is 2. The zero-order valence-corrected chi connectivity index (χ0v) is 17.7. The molecule has 0 spiro atoms. The first-order valence-corrected chi connectivity index (χ1v) is 10.2. The highest BCUT2D eigenvalue weighted by Crippen LogP contribution is 2.61. The Kier molecular flexibility index (Phi) is 6.45. The van der Waals surface area contributed by atoms with Crippen molar-refractivity contribution in [1.82, 2.24) is 0 Å². The average Bonchev–Trinajstić information content (AvgIpc) is 2.49. The van der Waals surface area contributed by atoms with Gasteiger partial charge < -0.3 is 14.9 Å². The van der Waals surface area contributed by atoms with Gasteiger partial charge in [-0.05, 0) is 54.9 Å². The van der Waals surface area contributed by atoms with E-state index in [9.17, 15) is 14.7 Å². The second-order valence-corrected chi connectivity index (χ2v) is 9.66. The Labute approximate surface area is 163 Å². The summed E-state index contributed by atoms with van der Waals surface area (Å²) in [6.45, 7) is 12.0. The van der Waals surface area contributed by atoms with E-state index >= 15 is 0 Å². The van der Waals surface area contributed by atoms with Crippen LogP contribution in [0, 0.1) is 22.7 Å². The molecule has 1 saturated carbocycles. The molecule has 0 aromatic carbocycles. The van der Waals surface area contributed by atoms with Gasteiger partial charge in [0.05, 0.1) is 0 Å². The third-order valence-electron chi connectivity index (χ3n) is 7.01. The quantitative estimate of drug-likeness (QED) is 0.529. The number of carbonyl (C=O) groups excluding carboxylic acids is 1. The molecule has 2 rings (SSSR count). The van der Waals surface area contributed by atoms with E-state index in [1.807, 2.05) is 13.8 Å². The lowest BCUT2D eigenvalue weighted by atomic mass is 9.48. The molecule has 1 fully saturated rings. The lowest BCUT2D eigenvalue weighted by molar-refractivity contribution is -0.173. The molecule has 0 amide bonds. The lowest BCUT2D eigenvalue weighted by Gasteiger charge is -2.58. The summed E-state index contributed by atoms with van der Waals surface area (Å²) in [6, 6.07) is 0. The Morgan fingerprint density at radius 1 is 1.26 bits per heavy atom. The van der Waals surface area contributed by atoms with Crippen molar-refractivity contribution in [3.63, 3.8) is 0 Å². The fourth-order valence-corrected chi connectivity index (χ4v) is 5.89. The Hall–Kier alpha value is -1.36. The Morgan fingerprint density at radius 3 is 2.44 bits per heavy atom. The van der Waals surface area contributed by atoms with E-state index < -0.39 is 18.2 Å². The smallest absolute Gasteiger partial charge is 0.303 e. The van der Waals surface area contributed by atoms with Crippen LogP contribution >= 0.6 is 0 Å². The molecule has 0 heterocycles. The summed E-state index contributed by atoms with van der Waals surface area (Å²) in [6.07, 6.45) is 3.56. The van der Waals surface area contributed by atoms with Gasteiger partial charge in [0, 0.05) is 19.3 Å². The van der Waals surface area contributed by atoms with Crippen molar-refractivity contribution in [2.75, 3.05) is 0 Å². The first-order valence-electron chi connectivity index (χ1n) is 10.2. The molecule has 0 aromatic rings. The minimum atomic E-state index is -0.797. The summed E-state index contributed by atoms with van der Waals surface area (Å²) in [4.78, 5) is 22.7. The number of hydrogen-bond donors (Lipinski definition) is 2. The van der Waals surface area contributed by atoms with Gasteiger partial charge >= 0.3 is 11.9 Å². The third-order valence-corrected chi connectivity index (χ3v) is 7.01. The summed E-state index contributed by atoms with van der Waals surface area (Å²) < 4.78 is 5.67. The van der Waals surface area contributed by atoms with Crippen LogP contribution in [0.5, 0.6) is 0 Å². The molecule has 0 radical (unpaired) electrons. The topological polar surface area (TPSA) is 83.8 Å². The monoisotopic (exact) mass is 380 g/mol. The number of fused-ring (bicyclic) bond motifs is 1. The maximum Gasteiger partial charge on any atom is 0.303 e. The van der Waals surface area contributed by atoms with Crippen molar-refractivity contribution >= 4 is 11.9 Å². The number of hydrogen-bond acceptors (Lipinski definition) is 4. The molecule has 154 valence electrons. The summed E-state index contributed by atoms with van der Waals surface area (Å²) in [7, 11) is 0. The minimum Gasteiger partial charge on any atom is -0.481 e. The molecular formula is C22H36O5. The molecule has 5 heteroatoms. The SMILES string of the molecule is CC(=O)O[C@@H]1[C@H](O)C(C)=C(CC[C@H](C)CC(=O)O)[C@@]2(C)CCCC(C)(C)[C@H]12. The molecule has 0 saturated heterocycles. The largest absolute Gasteiger partial charge is 0.481 e. The van der Waals surface area contributed by atoms with Gasteiger partial charge in [-0.25, -0.2) is 0 Å². The summed E-state index contributed by atoms with van der Waals surface area (Å²) in [5, 5.41) is 20.1. The Balaban J connectivity index is 2.41. The fourth-order valence-electron chi connectivity index (χ4n) is 5.89. The van der Waals surface area contributed by atoms with E-state index in [1.165, 1.54) is 12.5 Å². The van der Waals surface area contributed by atoms with Crippen LogP contribution in [0.2, 0.25) is 0 Å². The predicted molar refractivity (Wildman–Crippen MR) is 104 cm³/mol. The van der Waals surface area contributed by atoms with Crippen LogP contribution in [0.1, 0.15) is 80.1 Å². The highest BCUT2D eigenvalue weighted by molar-refractivity contribution is 5.67. The van der Waals surface area contributed by atoms with Crippen molar-refractivity contribution in [3.05, 3.63) is 11.1 Å². The second kappa shape index (κ2) is 7.94. The van der Waals surface area contributed by atoms with Crippen LogP contribution in [0.4, 0.5) is 0 Å². The van der Waals surface area contributed by atoms with Gasteiger partial charge in [0.25, 0.3) is 0 Å². The van der Waals surface area contributed by atoms with Crippen LogP contribution in [0.25, 0.3) is 0 Å². The molecule has 2 aliphatic rings. The number of allylic oxidation sites excluding steroid dienone is 1. The van der Waals surface area contributed by atoms with Gasteiger partial charge in [-0.1, -0.05) is 39.7 Å². The zero-order valence-electron chi connectivity index (χ0n) is 17.7. The maximum atomic E-state index is 11.7. The van der Waals surface area contributed by atoms with Gasteiger partial charge in [0.15, 0.2) is 0 Å². The highest BCUT2D eigenvalue weighted by atomic mass is 16.6. The van der Waals surface area contributed by atoms with E-state index in [0.29, 0.717) is 0 Å². The van der Waals surface area contributed by atoms with Crippen molar-refractivity contribution in [2.24, 2.45) is 22.7 Å². The third kappa shape index (κ3) is 4.39. The Bertz CT molecular complexity index is 620. The summed E-state index contributed by atoms with van der Waals surface area (Å²) >= 11 is 0. The van der Waals surface area contributed by atoms with E-state index in [1.54, 1.807) is 0 Å². The number of carboxylic acids is 1. The maximum absolute atomic E-state index is 11.7. The molecule has 27 heavy (non-hydrogen) atoms. The number of carboxylic acid groups (broad SMARTS) is 1. The number of esters is 1.